The number of carbonyl (C=O) groups is 1. The van der Waals surface area contributed by atoms with E-state index >= 15 is 0 Å². The van der Waals surface area contributed by atoms with Crippen molar-refractivity contribution in [3.8, 4) is 11.3 Å². The predicted molar refractivity (Wildman–Crippen MR) is 99.1 cm³/mol. The lowest BCUT2D eigenvalue weighted by Gasteiger charge is -2.03. The van der Waals surface area contributed by atoms with Crippen LogP contribution in [0.5, 0.6) is 0 Å². The largest absolute Gasteiger partial charge is 0.451 e. The first kappa shape index (κ1) is 16.3. The topological polar surface area (TPSA) is 55.1 Å². The minimum Gasteiger partial charge on any atom is -0.451 e. The molecule has 1 N–H and O–H groups in total. The van der Waals surface area contributed by atoms with Gasteiger partial charge in [0.1, 0.15) is 11.6 Å². The molecule has 0 fully saturated rings. The third kappa shape index (κ3) is 3.85. The van der Waals surface area contributed by atoms with E-state index in [0.29, 0.717) is 27.2 Å². The van der Waals surface area contributed by atoms with Crippen LogP contribution in [0.1, 0.15) is 10.6 Å². The van der Waals surface area contributed by atoms with Crippen molar-refractivity contribution in [1.82, 2.24) is 4.98 Å². The summed E-state index contributed by atoms with van der Waals surface area (Å²) in [6.07, 6.45) is 1.66. The molecule has 0 bridgehead atoms. The Bertz CT molecular complexity index is 863. The van der Waals surface area contributed by atoms with Crippen LogP contribution in [0, 0.1) is 3.57 Å². The number of carbonyl (C=O) groups excluding carboxylic acids is 1. The molecule has 1 amide bonds. The van der Waals surface area contributed by atoms with Crippen molar-refractivity contribution >= 4 is 57.5 Å². The molecule has 7 heteroatoms. The van der Waals surface area contributed by atoms with E-state index in [9.17, 15) is 4.79 Å². The van der Waals surface area contributed by atoms with Gasteiger partial charge in [-0.2, -0.15) is 0 Å². The Morgan fingerprint density at radius 1 is 1.13 bits per heavy atom. The molecule has 0 atom stereocenters. The lowest BCUT2D eigenvalue weighted by atomic mass is 10.2. The van der Waals surface area contributed by atoms with Crippen molar-refractivity contribution in [2.75, 3.05) is 5.32 Å². The van der Waals surface area contributed by atoms with E-state index < -0.39 is 0 Å². The molecule has 0 saturated carbocycles. The molecule has 3 aromatic rings. The van der Waals surface area contributed by atoms with Crippen molar-refractivity contribution in [2.45, 2.75) is 0 Å². The lowest BCUT2D eigenvalue weighted by molar-refractivity contribution is 0.0997. The fraction of sp³-hybridized carbons (Fsp3) is 0. The van der Waals surface area contributed by atoms with Gasteiger partial charge in [-0.05, 0) is 65.1 Å². The molecule has 2 aromatic heterocycles. The molecular formula is C16H9Cl2IN2O2. The molecule has 0 saturated heterocycles. The maximum atomic E-state index is 12.2. The summed E-state index contributed by atoms with van der Waals surface area (Å²) in [7, 11) is 0. The highest BCUT2D eigenvalue weighted by atomic mass is 127. The number of rotatable bonds is 3. The summed E-state index contributed by atoms with van der Waals surface area (Å²) in [6, 6.07) is 11.9. The van der Waals surface area contributed by atoms with E-state index in [1.807, 2.05) is 6.07 Å². The average Bonchev–Trinajstić information content (AvgIpc) is 3.02. The zero-order valence-corrected chi connectivity index (χ0v) is 15.2. The maximum absolute atomic E-state index is 12.2. The quantitative estimate of drug-likeness (QED) is 0.527. The SMILES string of the molecule is O=C(Nc1ccc(I)cn1)c1ccc(-c2cc(Cl)ccc2Cl)o1. The van der Waals surface area contributed by atoms with Crippen LogP contribution >= 0.6 is 45.8 Å². The summed E-state index contributed by atoms with van der Waals surface area (Å²) in [5, 5.41) is 3.70. The van der Waals surface area contributed by atoms with Gasteiger partial charge >= 0.3 is 0 Å². The lowest BCUT2D eigenvalue weighted by Crippen LogP contribution is -2.11. The Kier molecular flexibility index (Phi) is 4.89. The number of amides is 1. The molecular weight excluding hydrogens is 450 g/mol. The number of halogens is 3. The van der Waals surface area contributed by atoms with Gasteiger partial charge in [-0.25, -0.2) is 4.98 Å². The monoisotopic (exact) mass is 458 g/mol. The van der Waals surface area contributed by atoms with Gasteiger partial charge in [-0.1, -0.05) is 23.2 Å². The minimum atomic E-state index is -0.386. The molecule has 116 valence electrons. The van der Waals surface area contributed by atoms with E-state index in [1.165, 1.54) is 0 Å². The average molecular weight is 459 g/mol. The van der Waals surface area contributed by atoms with Crippen molar-refractivity contribution in [3.05, 3.63) is 68.0 Å². The number of nitrogens with zero attached hydrogens (tertiary/aromatic N) is 1. The highest BCUT2D eigenvalue weighted by molar-refractivity contribution is 14.1. The Morgan fingerprint density at radius 2 is 1.96 bits per heavy atom. The summed E-state index contributed by atoms with van der Waals surface area (Å²) in [5.74, 6) is 0.701. The van der Waals surface area contributed by atoms with Crippen LogP contribution in [0.25, 0.3) is 11.3 Å². The second kappa shape index (κ2) is 6.90. The molecule has 4 nitrogen and oxygen atoms in total. The number of nitrogens with one attached hydrogen (secondary N) is 1. The van der Waals surface area contributed by atoms with Crippen LogP contribution in [0.3, 0.4) is 0 Å². The Morgan fingerprint density at radius 3 is 2.70 bits per heavy atom. The van der Waals surface area contributed by atoms with Gasteiger partial charge in [0.25, 0.3) is 5.91 Å². The smallest absolute Gasteiger partial charge is 0.292 e. The van der Waals surface area contributed by atoms with Gasteiger partial charge in [0, 0.05) is 20.4 Å². The maximum Gasteiger partial charge on any atom is 0.292 e. The second-order valence-corrected chi connectivity index (χ2v) is 6.69. The molecule has 0 spiro atoms. The van der Waals surface area contributed by atoms with Crippen LogP contribution in [-0.4, -0.2) is 10.9 Å². The number of benzene rings is 1. The third-order valence-electron chi connectivity index (χ3n) is 2.99. The summed E-state index contributed by atoms with van der Waals surface area (Å²) in [6.45, 7) is 0. The normalized spacial score (nSPS) is 10.6. The Balaban J connectivity index is 1.82. The van der Waals surface area contributed by atoms with Crippen molar-refractivity contribution in [2.24, 2.45) is 0 Å². The number of hydrogen-bond donors (Lipinski definition) is 1. The summed E-state index contributed by atoms with van der Waals surface area (Å²) in [5.41, 5.74) is 0.630. The van der Waals surface area contributed by atoms with Crippen LogP contribution in [0.2, 0.25) is 10.0 Å². The Labute approximate surface area is 156 Å². The molecule has 0 aliphatic carbocycles. The number of furan rings is 1. The molecule has 2 heterocycles. The first-order valence-corrected chi connectivity index (χ1v) is 8.34. The van der Waals surface area contributed by atoms with E-state index in [1.54, 1.807) is 42.6 Å². The summed E-state index contributed by atoms with van der Waals surface area (Å²) in [4.78, 5) is 16.3. The van der Waals surface area contributed by atoms with Gasteiger partial charge in [0.15, 0.2) is 5.76 Å². The molecule has 23 heavy (non-hydrogen) atoms. The van der Waals surface area contributed by atoms with Crippen LogP contribution in [0.15, 0.2) is 53.1 Å². The molecule has 0 radical (unpaired) electrons. The first-order chi connectivity index (χ1) is 11.0. The van der Waals surface area contributed by atoms with E-state index in [-0.39, 0.29) is 11.7 Å². The van der Waals surface area contributed by atoms with Crippen molar-refractivity contribution < 1.29 is 9.21 Å². The highest BCUT2D eigenvalue weighted by Gasteiger charge is 2.15. The summed E-state index contributed by atoms with van der Waals surface area (Å²) >= 11 is 14.2. The standard InChI is InChI=1S/C16H9Cl2IN2O2/c17-9-1-3-12(18)11(7-9)13-4-5-14(23-13)16(22)21-15-6-2-10(19)8-20-15/h1-8H,(H,20,21,22). The molecule has 0 aliphatic rings. The van der Waals surface area contributed by atoms with Crippen LogP contribution in [0.4, 0.5) is 5.82 Å². The van der Waals surface area contributed by atoms with E-state index in [2.05, 4.69) is 32.9 Å². The number of aromatic nitrogens is 1. The minimum absolute atomic E-state index is 0.163. The molecule has 3 rings (SSSR count). The molecule has 0 aliphatic heterocycles. The number of anilines is 1. The Hall–Kier alpha value is -1.57. The number of pyridine rings is 1. The van der Waals surface area contributed by atoms with Gasteiger partial charge in [0.2, 0.25) is 0 Å². The summed E-state index contributed by atoms with van der Waals surface area (Å²) < 4.78 is 6.56. The van der Waals surface area contributed by atoms with Crippen LogP contribution in [-0.2, 0) is 0 Å². The zero-order chi connectivity index (χ0) is 16.4. The molecule has 0 unspecified atom stereocenters. The third-order valence-corrected chi connectivity index (χ3v) is 4.20. The fourth-order valence-electron chi connectivity index (χ4n) is 1.92. The number of hydrogen-bond acceptors (Lipinski definition) is 3. The van der Waals surface area contributed by atoms with Gasteiger partial charge in [-0.3, -0.25) is 4.79 Å². The van der Waals surface area contributed by atoms with Gasteiger partial charge < -0.3 is 9.73 Å². The zero-order valence-electron chi connectivity index (χ0n) is 11.5. The van der Waals surface area contributed by atoms with Crippen LogP contribution < -0.4 is 5.32 Å². The second-order valence-electron chi connectivity index (χ2n) is 4.60. The highest BCUT2D eigenvalue weighted by Crippen LogP contribution is 2.31. The molecule has 1 aromatic carbocycles. The van der Waals surface area contributed by atoms with Gasteiger partial charge in [0.05, 0.1) is 5.02 Å². The fourth-order valence-corrected chi connectivity index (χ4v) is 2.62. The van der Waals surface area contributed by atoms with Crippen molar-refractivity contribution in [1.29, 1.82) is 0 Å². The van der Waals surface area contributed by atoms with Gasteiger partial charge in [-0.15, -0.1) is 0 Å². The van der Waals surface area contributed by atoms with Crippen molar-refractivity contribution in [3.63, 3.8) is 0 Å². The predicted octanol–water partition coefficient (Wildman–Crippen LogP) is 5.51. The van der Waals surface area contributed by atoms with E-state index in [0.717, 1.165) is 3.57 Å². The first-order valence-electron chi connectivity index (χ1n) is 6.51. The van der Waals surface area contributed by atoms with E-state index in [4.69, 9.17) is 27.6 Å².